The highest BCUT2D eigenvalue weighted by Gasteiger charge is 2.45. The molecule has 0 bridgehead atoms. The highest BCUT2D eigenvalue weighted by Crippen LogP contribution is 2.51. The van der Waals surface area contributed by atoms with E-state index in [2.05, 4.69) is 32.9 Å². The van der Waals surface area contributed by atoms with Crippen LogP contribution < -0.4 is 10.6 Å². The van der Waals surface area contributed by atoms with E-state index in [1.165, 1.54) is 4.88 Å². The molecule has 1 aliphatic heterocycles. The fourth-order valence-electron chi connectivity index (χ4n) is 4.44. The summed E-state index contributed by atoms with van der Waals surface area (Å²) in [6.07, 6.45) is 2.04. The number of anilines is 1. The minimum atomic E-state index is -0.419. The first kappa shape index (κ1) is 20.7. The van der Waals surface area contributed by atoms with Gasteiger partial charge in [-0.2, -0.15) is 5.26 Å². The molecule has 30 heavy (non-hydrogen) atoms. The Balaban J connectivity index is 2.00. The number of halogens is 1. The van der Waals surface area contributed by atoms with Gasteiger partial charge in [-0.05, 0) is 42.5 Å². The first-order valence-corrected chi connectivity index (χ1v) is 11.3. The molecule has 1 atom stereocenters. The fourth-order valence-corrected chi connectivity index (χ4v) is 5.73. The largest absolute Gasteiger partial charge is 0.384 e. The lowest BCUT2D eigenvalue weighted by molar-refractivity contribution is -0.118. The van der Waals surface area contributed by atoms with Crippen molar-refractivity contribution < 1.29 is 4.79 Å². The normalized spacial score (nSPS) is 21.0. The minimum absolute atomic E-state index is 0.0787. The zero-order chi connectivity index (χ0) is 21.6. The third-order valence-corrected chi connectivity index (χ3v) is 7.40. The Morgan fingerprint density at radius 2 is 2.00 bits per heavy atom. The zero-order valence-electron chi connectivity index (χ0n) is 17.3. The van der Waals surface area contributed by atoms with Gasteiger partial charge >= 0.3 is 0 Å². The fraction of sp³-hybridized carbons (Fsp3) is 0.333. The molecule has 0 radical (unpaired) electrons. The van der Waals surface area contributed by atoms with Crippen molar-refractivity contribution in [3.63, 3.8) is 0 Å². The standard InChI is InChI=1S/C24H24ClN3OS/c1-4-14-9-10-20(30-14)21-15(13-26)23(27)28(17-8-6-5-7-16(17)25)18-11-24(2,3)12-19(29)22(18)21/h5-10,21H,4,11-12,27H2,1-3H3/t21-/m0/s1. The summed E-state index contributed by atoms with van der Waals surface area (Å²) in [7, 11) is 0. The highest BCUT2D eigenvalue weighted by molar-refractivity contribution is 7.12. The summed E-state index contributed by atoms with van der Waals surface area (Å²) in [5.74, 6) is 0.0129. The third kappa shape index (κ3) is 3.34. The summed E-state index contributed by atoms with van der Waals surface area (Å²) in [5.41, 5.74) is 9.07. The van der Waals surface area contributed by atoms with E-state index in [4.69, 9.17) is 17.3 Å². The molecule has 0 unspecified atom stereocenters. The number of ketones is 1. The van der Waals surface area contributed by atoms with Crippen LogP contribution in [0.2, 0.25) is 5.02 Å². The van der Waals surface area contributed by atoms with Crippen molar-refractivity contribution in [3.05, 3.63) is 73.8 Å². The molecule has 0 saturated carbocycles. The van der Waals surface area contributed by atoms with Gasteiger partial charge in [0.1, 0.15) is 5.82 Å². The van der Waals surface area contributed by atoms with E-state index in [0.29, 0.717) is 40.5 Å². The second-order valence-corrected chi connectivity index (χ2v) is 10.2. The lowest BCUT2D eigenvalue weighted by Crippen LogP contribution is -2.42. The van der Waals surface area contributed by atoms with Gasteiger partial charge < -0.3 is 5.73 Å². The van der Waals surface area contributed by atoms with E-state index >= 15 is 0 Å². The molecule has 4 nitrogen and oxygen atoms in total. The summed E-state index contributed by atoms with van der Waals surface area (Å²) < 4.78 is 0. The molecule has 1 aromatic heterocycles. The van der Waals surface area contributed by atoms with Crippen LogP contribution in [-0.4, -0.2) is 5.78 Å². The Morgan fingerprint density at radius 1 is 1.27 bits per heavy atom. The summed E-state index contributed by atoms with van der Waals surface area (Å²) in [4.78, 5) is 17.5. The lowest BCUT2D eigenvalue weighted by atomic mass is 9.69. The number of carbonyl (C=O) groups excluding carboxylic acids is 1. The van der Waals surface area contributed by atoms with E-state index in [1.807, 2.05) is 29.2 Å². The van der Waals surface area contributed by atoms with Crippen molar-refractivity contribution in [1.29, 1.82) is 5.26 Å². The number of nitriles is 1. The van der Waals surface area contributed by atoms with Gasteiger partial charge in [-0.15, -0.1) is 11.3 Å². The molecular formula is C24H24ClN3OS. The monoisotopic (exact) mass is 437 g/mol. The number of rotatable bonds is 3. The first-order valence-electron chi connectivity index (χ1n) is 10.1. The molecule has 0 fully saturated rings. The minimum Gasteiger partial charge on any atom is -0.384 e. The van der Waals surface area contributed by atoms with E-state index in [9.17, 15) is 10.1 Å². The summed E-state index contributed by atoms with van der Waals surface area (Å²) in [5, 5.41) is 10.6. The van der Waals surface area contributed by atoms with Crippen LogP contribution in [0.1, 0.15) is 49.3 Å². The van der Waals surface area contributed by atoms with Crippen molar-refractivity contribution in [3.8, 4) is 6.07 Å². The molecule has 154 valence electrons. The number of aryl methyl sites for hydroxylation is 1. The SMILES string of the molecule is CCc1ccc([C@@H]2C(C#N)=C(N)N(c3ccccc3Cl)C3=C2C(=O)CC(C)(C)C3)s1. The van der Waals surface area contributed by atoms with Crippen LogP contribution in [0.5, 0.6) is 0 Å². The second-order valence-electron chi connectivity index (χ2n) is 8.59. The van der Waals surface area contributed by atoms with Gasteiger partial charge in [0.25, 0.3) is 0 Å². The van der Waals surface area contributed by atoms with Crippen LogP contribution >= 0.6 is 22.9 Å². The number of benzene rings is 1. The molecule has 0 saturated heterocycles. The number of Topliss-reactive ketones (excluding diaryl/α,β-unsaturated/α-hetero) is 1. The van der Waals surface area contributed by atoms with Gasteiger partial charge in [0, 0.05) is 27.4 Å². The maximum absolute atomic E-state index is 13.4. The van der Waals surface area contributed by atoms with E-state index in [-0.39, 0.29) is 11.2 Å². The number of carbonyl (C=O) groups is 1. The molecule has 6 heteroatoms. The van der Waals surface area contributed by atoms with Gasteiger partial charge in [0.15, 0.2) is 5.78 Å². The Bertz CT molecular complexity index is 1140. The van der Waals surface area contributed by atoms with Crippen molar-refractivity contribution >= 4 is 34.4 Å². The molecule has 2 N–H and O–H groups in total. The number of hydrogen-bond acceptors (Lipinski definition) is 5. The van der Waals surface area contributed by atoms with E-state index in [1.54, 1.807) is 17.4 Å². The molecule has 0 spiro atoms. The smallest absolute Gasteiger partial charge is 0.162 e. The molecule has 2 aromatic rings. The first-order chi connectivity index (χ1) is 14.3. The number of nitrogens with two attached hydrogens (primary N) is 1. The number of hydrogen-bond donors (Lipinski definition) is 1. The summed E-state index contributed by atoms with van der Waals surface area (Å²) in [6, 6.07) is 13.8. The predicted molar refractivity (Wildman–Crippen MR) is 122 cm³/mol. The Hall–Kier alpha value is -2.55. The van der Waals surface area contributed by atoms with Gasteiger partial charge in [0.05, 0.1) is 28.3 Å². The Morgan fingerprint density at radius 3 is 2.63 bits per heavy atom. The van der Waals surface area contributed by atoms with Crippen molar-refractivity contribution in [2.24, 2.45) is 11.1 Å². The van der Waals surface area contributed by atoms with Gasteiger partial charge in [0.2, 0.25) is 0 Å². The molecule has 1 aromatic carbocycles. The number of allylic oxidation sites excluding steroid dienone is 3. The van der Waals surface area contributed by atoms with Crippen LogP contribution in [0.15, 0.2) is 59.1 Å². The van der Waals surface area contributed by atoms with Crippen LogP contribution in [0, 0.1) is 16.7 Å². The van der Waals surface area contributed by atoms with Gasteiger partial charge in [-0.3, -0.25) is 9.69 Å². The molecule has 2 heterocycles. The maximum Gasteiger partial charge on any atom is 0.162 e. The second kappa shape index (κ2) is 7.61. The average molecular weight is 438 g/mol. The van der Waals surface area contributed by atoms with Crippen molar-refractivity contribution in [2.75, 3.05) is 4.90 Å². The molecule has 2 aliphatic rings. The van der Waals surface area contributed by atoms with Crippen LogP contribution in [0.4, 0.5) is 5.69 Å². The third-order valence-electron chi connectivity index (χ3n) is 5.79. The van der Waals surface area contributed by atoms with Crippen molar-refractivity contribution in [1.82, 2.24) is 0 Å². The van der Waals surface area contributed by atoms with Crippen LogP contribution in [0.25, 0.3) is 0 Å². The summed E-state index contributed by atoms with van der Waals surface area (Å²) in [6.45, 7) is 6.28. The van der Waals surface area contributed by atoms with Crippen LogP contribution in [0.3, 0.4) is 0 Å². The van der Waals surface area contributed by atoms with E-state index < -0.39 is 5.92 Å². The molecule has 4 rings (SSSR count). The predicted octanol–water partition coefficient (Wildman–Crippen LogP) is 5.90. The van der Waals surface area contributed by atoms with Gasteiger partial charge in [-0.1, -0.05) is 44.5 Å². The number of nitrogens with zero attached hydrogens (tertiary/aromatic N) is 2. The molecule has 0 amide bonds. The highest BCUT2D eigenvalue weighted by atomic mass is 35.5. The number of para-hydroxylation sites is 1. The quantitative estimate of drug-likeness (QED) is 0.648. The topological polar surface area (TPSA) is 70.1 Å². The lowest BCUT2D eigenvalue weighted by Gasteiger charge is -2.43. The van der Waals surface area contributed by atoms with Crippen molar-refractivity contribution in [2.45, 2.75) is 46.0 Å². The maximum atomic E-state index is 13.4. The van der Waals surface area contributed by atoms with E-state index in [0.717, 1.165) is 17.0 Å². The average Bonchev–Trinajstić information content (AvgIpc) is 3.16. The molecular weight excluding hydrogens is 414 g/mol. The van der Waals surface area contributed by atoms with Gasteiger partial charge in [-0.25, -0.2) is 0 Å². The Labute approximate surface area is 186 Å². The van der Waals surface area contributed by atoms with Crippen LogP contribution in [-0.2, 0) is 11.2 Å². The molecule has 1 aliphatic carbocycles. The summed E-state index contributed by atoms with van der Waals surface area (Å²) >= 11 is 8.17. The number of thiophene rings is 1. The zero-order valence-corrected chi connectivity index (χ0v) is 18.9. The Kier molecular flexibility index (Phi) is 5.25.